The number of aliphatic hydroxyl groups is 4. The predicted octanol–water partition coefficient (Wildman–Crippen LogP) is 8.18. The third-order valence-electron chi connectivity index (χ3n) is 25.8. The number of aromatic amines is 2. The van der Waals surface area contributed by atoms with Crippen LogP contribution in [0.2, 0.25) is 32.2 Å². The van der Waals surface area contributed by atoms with Crippen LogP contribution in [0.1, 0.15) is 129 Å². The van der Waals surface area contributed by atoms with Crippen molar-refractivity contribution in [2.45, 2.75) is 188 Å². The van der Waals surface area contributed by atoms with Gasteiger partial charge in [0.05, 0.1) is 117 Å². The Bertz CT molecular complexity index is 5310. The van der Waals surface area contributed by atoms with Crippen molar-refractivity contribution in [2.75, 3.05) is 168 Å². The number of nitrogens with one attached hydrogen (secondary N) is 5. The summed E-state index contributed by atoms with van der Waals surface area (Å²) >= 11 is 1.56. The Hall–Kier alpha value is -9.53. The van der Waals surface area contributed by atoms with Crippen LogP contribution < -0.4 is 36.9 Å². The first-order valence-electron chi connectivity index (χ1n) is 45.6. The third-order valence-corrected chi connectivity index (χ3v) is 35.6. The number of Topliss-reactive ketones (excluding diaryl/α,β-unsaturated/α-hetero) is 1. The molecule has 2 bridgehead atoms. The molecular weight excluding hydrogens is 1800 g/mol. The van der Waals surface area contributed by atoms with E-state index in [2.05, 4.69) is 133 Å². The lowest BCUT2D eigenvalue weighted by molar-refractivity contribution is -0.203. The summed E-state index contributed by atoms with van der Waals surface area (Å²) in [5, 5.41) is 70.9. The number of azide groups is 1. The molecule has 0 radical (unpaired) electrons. The van der Waals surface area contributed by atoms with Gasteiger partial charge in [0.25, 0.3) is 17.4 Å². The van der Waals surface area contributed by atoms with Crippen LogP contribution >= 0.6 is 25.3 Å². The number of thioether (sulfide) groups is 1. The van der Waals surface area contributed by atoms with E-state index in [1.807, 2.05) is 44.0 Å². The number of amides is 2. The van der Waals surface area contributed by atoms with E-state index < -0.39 is 91.6 Å². The van der Waals surface area contributed by atoms with E-state index in [-0.39, 0.29) is 106 Å². The number of aromatic nitrogens is 7. The molecule has 4 aromatic heterocycles. The van der Waals surface area contributed by atoms with Crippen molar-refractivity contribution in [1.29, 1.82) is 0 Å². The molecule has 5 aliphatic heterocycles. The normalized spacial score (nSPS) is 22.8. The van der Waals surface area contributed by atoms with Crippen LogP contribution in [0.15, 0.2) is 106 Å². The van der Waals surface area contributed by atoms with E-state index in [0.29, 0.717) is 185 Å². The van der Waals surface area contributed by atoms with Crippen LogP contribution in [0.4, 0.5) is 17.3 Å². The minimum absolute atomic E-state index is 0. The van der Waals surface area contributed by atoms with Crippen molar-refractivity contribution in [1.82, 2.24) is 55.3 Å². The topological polar surface area (TPSA) is 503 Å². The zero-order valence-electron chi connectivity index (χ0n) is 78.4. The van der Waals surface area contributed by atoms with Gasteiger partial charge in [-0.1, -0.05) is 67.0 Å². The smallest absolute Gasteiger partial charge is 0.326 e. The van der Waals surface area contributed by atoms with E-state index >= 15 is 9.59 Å². The summed E-state index contributed by atoms with van der Waals surface area (Å²) in [6.07, 6.45) is 17.0. The van der Waals surface area contributed by atoms with Gasteiger partial charge in [0.1, 0.15) is 35.7 Å². The first-order chi connectivity index (χ1) is 63.9. The number of piperidine rings is 1. The first kappa shape index (κ1) is 107. The summed E-state index contributed by atoms with van der Waals surface area (Å²) in [7, 11) is 0.520. The molecule has 37 nitrogen and oxygen atoms in total. The Morgan fingerprint density at radius 2 is 1.50 bits per heavy atom. The highest BCUT2D eigenvalue weighted by Gasteiger charge is 2.79. The molecule has 1 aliphatic carbocycles. The number of rotatable bonds is 46. The summed E-state index contributed by atoms with van der Waals surface area (Å²) in [5.41, 5.74) is 14.4. The fourth-order valence-corrected chi connectivity index (χ4v) is 30.4. The van der Waals surface area contributed by atoms with E-state index in [1.54, 1.807) is 50.3 Å². The van der Waals surface area contributed by atoms with E-state index in [1.165, 1.54) is 25.4 Å². The molecule has 1 unspecified atom stereocenters. The number of nitrogens with two attached hydrogens (primary N) is 1. The molecule has 730 valence electrons. The van der Waals surface area contributed by atoms with Gasteiger partial charge in [-0.2, -0.15) is 18.5 Å². The number of ketones is 1. The Morgan fingerprint density at radius 1 is 0.828 bits per heavy atom. The summed E-state index contributed by atoms with van der Waals surface area (Å²) in [6.45, 7) is 23.8. The number of nitrogen functional groups attached to an aromatic ring is 1. The maximum atomic E-state index is 15.6. The number of carbonyl (C=O) groups excluding carboxylic acids is 4. The summed E-state index contributed by atoms with van der Waals surface area (Å²) in [6, 6.07) is 17.0. The number of nitrogens with zero attached hydrogens (tertiary/aromatic N) is 11. The number of carboxylic acid groups (broad SMARTS) is 1. The van der Waals surface area contributed by atoms with Crippen molar-refractivity contribution in [3.63, 3.8) is 0 Å². The Balaban J connectivity index is 0.000000286. The molecule has 1 saturated carbocycles. The fourth-order valence-electron chi connectivity index (χ4n) is 20.1. The van der Waals surface area contributed by atoms with E-state index in [4.69, 9.17) is 64.8 Å². The van der Waals surface area contributed by atoms with Crippen LogP contribution in [0.25, 0.3) is 32.5 Å². The summed E-state index contributed by atoms with van der Waals surface area (Å²) < 4.78 is 51.7. The van der Waals surface area contributed by atoms with Gasteiger partial charge in [0, 0.05) is 151 Å². The standard InChI is InChI=1S/C56H78N10O8SSi2.C35H47N7O11.C2H6O.H2S/c1-10-52(70)28-36-29-55(50(69)73-5,45-39(18-23-65(33-36)34-52)38-16-12-13-17-42(38)62-45)41-26-40-43(27-44(41)72-4)64(3)47-54(40)20-24-66-22-14-19-53(11-2,46(54)66)48(67)56(47,71)49(68)58-21-15-25-76(6,7)74-77(8,9)35-75-51-59-30-37(31-60-51)32-61-63-57;1-2-11-48-13-15-50-17-19-52-21-22-53-20-18-51-16-14-49-12-3-4-28(43)9-10-29(34(46)47)40-32(44)25-5-7-26(8-6-25)37-23-27-24-38-31-30(39-27)33(45)42-35(36)41-31;1-2-3;/h12-14,16-17,19,26-27,30-31,36,46-48,62,67,70-71H,10-11,15,18,20-25,28-29,32-35H2,1-9H3,(H,58,68);1,5-8,24,29,37H,3-4,9-23H2,(H,40,44)(H,46,47)(H3,36,38,41,42,45);3H,2H2,1H3;1H2/t36-,46-,47+,48+,52-,53+,54+,55-,56-;29-;;/m00../s1. The average Bonchev–Trinajstić information content (AvgIpc) is 1.47. The van der Waals surface area contributed by atoms with Crippen molar-refractivity contribution in [3.8, 4) is 18.1 Å². The van der Waals surface area contributed by atoms with Crippen LogP contribution in [0.3, 0.4) is 0 Å². The lowest BCUT2D eigenvalue weighted by Gasteiger charge is -2.63. The number of methoxy groups -OCH3 is 2. The number of H-pyrrole nitrogens is 2. The molecule has 13 rings (SSSR count). The Kier molecular flexibility index (Phi) is 38.9. The second kappa shape index (κ2) is 49.0. The van der Waals surface area contributed by atoms with Gasteiger partial charge in [-0.05, 0) is 168 Å². The number of hydrogen-bond donors (Lipinski definition) is 11. The first-order valence-corrected chi connectivity index (χ1v) is 52.8. The van der Waals surface area contributed by atoms with Crippen molar-refractivity contribution in [2.24, 2.45) is 16.4 Å². The molecule has 7 aromatic rings. The number of likely N-dealkylation sites (N-methyl/N-ethyl adjacent to an activating group) is 1. The zero-order chi connectivity index (χ0) is 95.7. The lowest BCUT2D eigenvalue weighted by atomic mass is 9.47. The molecule has 41 heteroatoms. The van der Waals surface area contributed by atoms with Crippen LogP contribution in [-0.2, 0) is 86.8 Å². The molecule has 12 N–H and O–H groups in total. The van der Waals surface area contributed by atoms with Gasteiger partial charge in [0.15, 0.2) is 38.6 Å². The fraction of sp³-hybridized carbons (Fsp3) is 0.581. The average molecular weight is 1930 g/mol. The molecule has 6 aliphatic rings. The number of esters is 1. The van der Waals surface area contributed by atoms with Crippen LogP contribution in [0.5, 0.6) is 5.75 Å². The lowest BCUT2D eigenvalue weighted by Crippen LogP contribution is -2.81. The number of anilines is 3. The number of ether oxygens (including phenoxy) is 8. The third kappa shape index (κ3) is 25.3. The maximum Gasteiger partial charge on any atom is 0.326 e. The molecule has 3 aromatic carbocycles. The number of carboxylic acids is 1. The molecule has 3 fully saturated rings. The number of aliphatic carboxylic acids is 1. The van der Waals surface area contributed by atoms with Crippen molar-refractivity contribution >= 4 is 111 Å². The number of aliphatic hydroxyl groups excluding tert-OH is 2. The van der Waals surface area contributed by atoms with Crippen LogP contribution in [-0.4, -0.2) is 304 Å². The number of terminal acetylenes is 1. The number of carbonyl (C=O) groups is 5. The second-order valence-corrected chi connectivity index (χ2v) is 45.9. The van der Waals surface area contributed by atoms with Crippen molar-refractivity contribution in [3.05, 3.63) is 151 Å². The quantitative estimate of drug-likeness (QED) is 0.00164. The number of fused-ring (bicyclic) bond motifs is 7. The van der Waals surface area contributed by atoms with Crippen LogP contribution in [0, 0.1) is 23.7 Å². The molecule has 1 spiro atoms. The predicted molar refractivity (Wildman–Crippen MR) is 518 cm³/mol. The summed E-state index contributed by atoms with van der Waals surface area (Å²) in [4.78, 5) is 117. The highest BCUT2D eigenvalue weighted by molar-refractivity contribution is 8.00. The van der Waals surface area contributed by atoms with Gasteiger partial charge < -0.3 is 99.1 Å². The molecule has 134 heavy (non-hydrogen) atoms. The van der Waals surface area contributed by atoms with Gasteiger partial charge in [-0.3, -0.25) is 38.8 Å². The van der Waals surface area contributed by atoms with E-state index in [0.717, 1.165) is 50.4 Å². The Morgan fingerprint density at radius 3 is 2.14 bits per heavy atom. The Labute approximate surface area is 795 Å². The van der Waals surface area contributed by atoms with Gasteiger partial charge in [0.2, 0.25) is 5.95 Å². The SMILES string of the molecule is C#CCOCCOCCOCCOCCOCCOCCCC(=O)CC[C@H](NC(=O)c1ccc(NCc2cnc3nc(N)[nH]c(=O)c3n2)cc1)C(=O)O.CCO.CC[C@]1(O)C[C@@H]2CN(CCc3c([nH]c4ccccc34)[C@@](C(=O)OC)(c3cc4c(cc3OC)N(C)[C@H]3[C@@](O)(C(=O)NCCC[Si](C)(C)O[Si](C)(C)CSc5ncc(CN=[N+]=[N-])cn5)[C@H](O)[C@]5(CC)C=CCN6CC[C@]43[C@@H]65)C2)C1.S. The number of benzene rings is 3. The zero-order valence-corrected chi connectivity index (χ0v) is 82.2. The number of para-hydroxylation sites is 1. The van der Waals surface area contributed by atoms with Crippen molar-refractivity contribution < 1.29 is 91.5 Å². The van der Waals surface area contributed by atoms with E-state index in [9.17, 15) is 39.6 Å². The number of hydrogen-bond acceptors (Lipinski definition) is 31. The molecule has 2 saturated heterocycles. The van der Waals surface area contributed by atoms with Gasteiger partial charge in [-0.25, -0.2) is 24.7 Å². The molecule has 9 heterocycles. The molecule has 2 amide bonds. The maximum absolute atomic E-state index is 15.6. The van der Waals surface area contributed by atoms with Gasteiger partial charge >= 0.3 is 11.9 Å². The largest absolute Gasteiger partial charge is 0.496 e. The minimum Gasteiger partial charge on any atom is -0.496 e. The highest BCUT2D eigenvalue weighted by atomic mass is 32.2. The minimum atomic E-state index is -2.29. The molecule has 11 atom stereocenters. The monoisotopic (exact) mass is 1930 g/mol. The molecular formula is C93H133N17O20S2Si2. The van der Waals surface area contributed by atoms with Gasteiger partial charge in [-0.15, -0.1) is 6.42 Å². The highest BCUT2D eigenvalue weighted by Crippen LogP contribution is 2.68. The summed E-state index contributed by atoms with van der Waals surface area (Å²) in [5.74, 6) is -0.305. The second-order valence-electron chi connectivity index (χ2n) is 35.8.